The van der Waals surface area contributed by atoms with Crippen molar-refractivity contribution in [2.24, 2.45) is 0 Å². The third-order valence-electron chi connectivity index (χ3n) is 3.01. The molecule has 0 fully saturated rings. The van der Waals surface area contributed by atoms with Gasteiger partial charge in [-0.15, -0.1) is 0 Å². The third kappa shape index (κ3) is 3.51. The number of nitrogens with zero attached hydrogens (tertiary/aromatic N) is 1. The van der Waals surface area contributed by atoms with Crippen LogP contribution < -0.4 is 10.6 Å². The summed E-state index contributed by atoms with van der Waals surface area (Å²) in [4.78, 5) is 15.3. The second kappa shape index (κ2) is 6.13. The largest absolute Gasteiger partial charge is 0.436 e. The van der Waals surface area contributed by atoms with Gasteiger partial charge in [0.2, 0.25) is 11.8 Å². The van der Waals surface area contributed by atoms with Crippen LogP contribution in [0, 0.1) is 5.82 Å². The Morgan fingerprint density at radius 1 is 1.26 bits per heavy atom. The molecule has 1 heterocycles. The Morgan fingerprint density at radius 3 is 2.83 bits per heavy atom. The van der Waals surface area contributed by atoms with E-state index in [4.69, 9.17) is 16.6 Å². The maximum absolute atomic E-state index is 13.3. The summed E-state index contributed by atoms with van der Waals surface area (Å²) in [6.07, 6.45) is 0. The predicted octanol–water partition coefficient (Wildman–Crippen LogP) is 3.47. The second-order valence-electron chi connectivity index (χ2n) is 4.85. The first-order valence-corrected chi connectivity index (χ1v) is 7.17. The molecule has 0 bridgehead atoms. The molecule has 23 heavy (non-hydrogen) atoms. The molecule has 0 saturated heterocycles. The Bertz CT molecular complexity index is 907. The van der Waals surface area contributed by atoms with Crippen LogP contribution >= 0.6 is 12.2 Å². The highest BCUT2D eigenvalue weighted by atomic mass is 32.1. The minimum Gasteiger partial charge on any atom is -0.436 e. The van der Waals surface area contributed by atoms with Gasteiger partial charge in [0.1, 0.15) is 11.3 Å². The lowest BCUT2D eigenvalue weighted by molar-refractivity contribution is -0.117. The summed E-state index contributed by atoms with van der Waals surface area (Å²) in [6.45, 7) is 1.38. The van der Waals surface area contributed by atoms with E-state index >= 15 is 0 Å². The summed E-state index contributed by atoms with van der Waals surface area (Å²) >= 11 is 5.00. The van der Waals surface area contributed by atoms with E-state index in [-0.39, 0.29) is 16.8 Å². The van der Waals surface area contributed by atoms with Crippen molar-refractivity contribution in [3.05, 3.63) is 48.3 Å². The number of nitrogens with one attached hydrogen (secondary N) is 2. The highest BCUT2D eigenvalue weighted by molar-refractivity contribution is 7.80. The van der Waals surface area contributed by atoms with Crippen molar-refractivity contribution >= 4 is 40.0 Å². The van der Waals surface area contributed by atoms with E-state index in [2.05, 4.69) is 15.6 Å². The Hall–Kier alpha value is -2.80. The van der Waals surface area contributed by atoms with Crippen LogP contribution in [0.3, 0.4) is 0 Å². The van der Waals surface area contributed by atoms with Gasteiger partial charge in [0.15, 0.2) is 10.7 Å². The summed E-state index contributed by atoms with van der Waals surface area (Å²) in [5.41, 5.74) is 2.39. The molecule has 3 aromatic rings. The molecule has 0 saturated carbocycles. The van der Waals surface area contributed by atoms with Crippen LogP contribution in [0.25, 0.3) is 22.6 Å². The highest BCUT2D eigenvalue weighted by Crippen LogP contribution is 2.26. The first kappa shape index (κ1) is 15.1. The van der Waals surface area contributed by atoms with Gasteiger partial charge in [-0.25, -0.2) is 9.37 Å². The number of fused-ring (bicyclic) bond motifs is 1. The van der Waals surface area contributed by atoms with Gasteiger partial charge in [-0.3, -0.25) is 4.79 Å². The fourth-order valence-corrected chi connectivity index (χ4v) is 2.33. The van der Waals surface area contributed by atoms with Crippen molar-refractivity contribution in [2.75, 3.05) is 5.32 Å². The second-order valence-corrected chi connectivity index (χ2v) is 5.26. The molecule has 116 valence electrons. The molecule has 0 radical (unpaired) electrons. The van der Waals surface area contributed by atoms with E-state index in [9.17, 15) is 9.18 Å². The Labute approximate surface area is 136 Å². The van der Waals surface area contributed by atoms with E-state index in [0.717, 1.165) is 0 Å². The number of thiocarbonyl (C=S) groups is 1. The van der Waals surface area contributed by atoms with Crippen LogP contribution in [0.1, 0.15) is 6.92 Å². The molecule has 2 N–H and O–H groups in total. The quantitative estimate of drug-likeness (QED) is 0.705. The zero-order valence-corrected chi connectivity index (χ0v) is 12.9. The molecule has 5 nitrogen and oxygen atoms in total. The predicted molar refractivity (Wildman–Crippen MR) is 89.4 cm³/mol. The highest BCUT2D eigenvalue weighted by Gasteiger charge is 2.10. The molecule has 0 aliphatic carbocycles. The number of benzene rings is 2. The maximum Gasteiger partial charge on any atom is 0.227 e. The number of hydrogen-bond donors (Lipinski definition) is 2. The Morgan fingerprint density at radius 2 is 2.09 bits per heavy atom. The van der Waals surface area contributed by atoms with Crippen LogP contribution in [0.5, 0.6) is 0 Å². The molecule has 0 atom stereocenters. The van der Waals surface area contributed by atoms with Gasteiger partial charge in [0.05, 0.1) is 0 Å². The van der Waals surface area contributed by atoms with Gasteiger partial charge in [-0.05, 0) is 48.6 Å². The summed E-state index contributed by atoms with van der Waals surface area (Å²) < 4.78 is 18.9. The van der Waals surface area contributed by atoms with Crippen LogP contribution in [0.15, 0.2) is 46.9 Å². The zero-order chi connectivity index (χ0) is 16.4. The zero-order valence-electron chi connectivity index (χ0n) is 12.1. The molecule has 0 aliphatic rings. The number of aromatic nitrogens is 1. The normalized spacial score (nSPS) is 10.5. The van der Waals surface area contributed by atoms with E-state index in [1.807, 2.05) is 0 Å². The smallest absolute Gasteiger partial charge is 0.227 e. The van der Waals surface area contributed by atoms with Crippen molar-refractivity contribution in [3.63, 3.8) is 0 Å². The van der Waals surface area contributed by atoms with Gasteiger partial charge in [0.25, 0.3) is 0 Å². The molecular weight excluding hydrogens is 317 g/mol. The number of oxazole rings is 1. The summed E-state index contributed by atoms with van der Waals surface area (Å²) in [6, 6.07) is 11.2. The topological polar surface area (TPSA) is 67.2 Å². The number of carbonyl (C=O) groups is 1. The van der Waals surface area contributed by atoms with Crippen LogP contribution in [-0.4, -0.2) is 16.0 Å². The van der Waals surface area contributed by atoms with Crippen LogP contribution in [0.2, 0.25) is 0 Å². The number of halogens is 1. The molecular formula is C16H12FN3O2S. The van der Waals surface area contributed by atoms with Crippen molar-refractivity contribution in [3.8, 4) is 11.5 Å². The molecule has 1 aromatic heterocycles. The van der Waals surface area contributed by atoms with Gasteiger partial charge < -0.3 is 15.1 Å². The minimum atomic E-state index is -0.354. The first-order chi connectivity index (χ1) is 11.0. The molecule has 0 aliphatic heterocycles. The van der Waals surface area contributed by atoms with E-state index in [1.165, 1.54) is 19.1 Å². The summed E-state index contributed by atoms with van der Waals surface area (Å²) in [7, 11) is 0. The van der Waals surface area contributed by atoms with Gasteiger partial charge >= 0.3 is 0 Å². The van der Waals surface area contributed by atoms with E-state index in [1.54, 1.807) is 30.3 Å². The molecule has 3 rings (SSSR count). The van der Waals surface area contributed by atoms with Gasteiger partial charge in [0, 0.05) is 18.2 Å². The van der Waals surface area contributed by atoms with Crippen molar-refractivity contribution in [2.45, 2.75) is 6.92 Å². The molecule has 2 aromatic carbocycles. The number of carbonyl (C=O) groups excluding carboxylic acids is 1. The maximum atomic E-state index is 13.3. The van der Waals surface area contributed by atoms with Gasteiger partial charge in [-0.2, -0.15) is 0 Å². The average molecular weight is 329 g/mol. The number of rotatable bonds is 2. The van der Waals surface area contributed by atoms with Crippen LogP contribution in [0.4, 0.5) is 10.1 Å². The summed E-state index contributed by atoms with van der Waals surface area (Å²) in [5, 5.41) is 5.55. The molecule has 0 unspecified atom stereocenters. The first-order valence-electron chi connectivity index (χ1n) is 6.76. The molecule has 7 heteroatoms. The number of amides is 1. The third-order valence-corrected chi connectivity index (χ3v) is 3.21. The van der Waals surface area contributed by atoms with Crippen molar-refractivity contribution < 1.29 is 13.6 Å². The molecule has 0 spiro atoms. The van der Waals surface area contributed by atoms with Crippen LogP contribution in [-0.2, 0) is 4.79 Å². The minimum absolute atomic E-state index is 0.200. The lowest BCUT2D eigenvalue weighted by Crippen LogP contribution is -2.32. The fraction of sp³-hybridized carbons (Fsp3) is 0.0625. The van der Waals surface area contributed by atoms with Crippen molar-refractivity contribution in [1.82, 2.24) is 10.3 Å². The average Bonchev–Trinajstić information content (AvgIpc) is 2.89. The fourth-order valence-electron chi connectivity index (χ4n) is 2.07. The SMILES string of the molecule is CC(=O)NC(=S)Nc1ccc2oc(-c3cccc(F)c3)nc2c1. The Balaban J connectivity index is 1.89. The monoisotopic (exact) mass is 329 g/mol. The number of anilines is 1. The van der Waals surface area contributed by atoms with E-state index in [0.29, 0.717) is 28.2 Å². The Kier molecular flexibility index (Phi) is 4.03. The lowest BCUT2D eigenvalue weighted by atomic mass is 10.2. The molecule has 1 amide bonds. The van der Waals surface area contributed by atoms with Crippen molar-refractivity contribution in [1.29, 1.82) is 0 Å². The van der Waals surface area contributed by atoms with Gasteiger partial charge in [-0.1, -0.05) is 6.07 Å². The lowest BCUT2D eigenvalue weighted by Gasteiger charge is -2.07. The standard InChI is InChI=1S/C16H12FN3O2S/c1-9(21)18-16(23)19-12-5-6-14-13(8-12)20-15(22-14)10-3-2-4-11(17)7-10/h2-8H,1H3,(H2,18,19,21,23). The number of hydrogen-bond acceptors (Lipinski definition) is 4. The van der Waals surface area contributed by atoms with E-state index < -0.39 is 0 Å². The summed E-state index contributed by atoms with van der Waals surface area (Å²) in [5.74, 6) is -0.271.